The van der Waals surface area contributed by atoms with E-state index in [-0.39, 0.29) is 4.90 Å². The second-order valence-electron chi connectivity index (χ2n) is 8.74. The Morgan fingerprint density at radius 1 is 0.848 bits per heavy atom. The zero-order valence-electron chi connectivity index (χ0n) is 19.7. The lowest BCUT2D eigenvalue weighted by Crippen LogP contribution is -2.35. The maximum Gasteiger partial charge on any atom is 0.124 e. The molecular formula is C27H32N2O3S. The molecule has 3 aromatic rings. The third-order valence-corrected chi connectivity index (χ3v) is 5.57. The van der Waals surface area contributed by atoms with Crippen LogP contribution in [0.2, 0.25) is 0 Å². The molecule has 0 radical (unpaired) electrons. The van der Waals surface area contributed by atoms with Gasteiger partial charge in [0.05, 0.1) is 44.7 Å². The van der Waals surface area contributed by atoms with Crippen LogP contribution in [0.3, 0.4) is 0 Å². The molecule has 0 aliphatic heterocycles. The van der Waals surface area contributed by atoms with Crippen LogP contribution in [0.5, 0.6) is 0 Å². The van der Waals surface area contributed by atoms with Gasteiger partial charge in [0.1, 0.15) is 10.1 Å². The summed E-state index contributed by atoms with van der Waals surface area (Å²) in [5, 5.41) is 0. The minimum absolute atomic E-state index is 0.178. The van der Waals surface area contributed by atoms with Gasteiger partial charge in [-0.1, -0.05) is 78.4 Å². The molecule has 3 aromatic carbocycles. The summed E-state index contributed by atoms with van der Waals surface area (Å²) in [6.07, 6.45) is 1.08. The summed E-state index contributed by atoms with van der Waals surface area (Å²) in [4.78, 5) is 4.35. The quantitative estimate of drug-likeness (QED) is 0.219. The number of aryl methyl sites for hydroxylation is 1. The van der Waals surface area contributed by atoms with Gasteiger partial charge in [0.15, 0.2) is 0 Å². The van der Waals surface area contributed by atoms with Crippen LogP contribution in [0, 0.1) is 6.92 Å². The van der Waals surface area contributed by atoms with E-state index >= 15 is 0 Å². The van der Waals surface area contributed by atoms with E-state index in [1.54, 1.807) is 12.1 Å². The topological polar surface area (TPSA) is 69.6 Å². The molecule has 0 aromatic heterocycles. The van der Waals surface area contributed by atoms with Gasteiger partial charge in [-0.2, -0.15) is 0 Å². The fourth-order valence-electron chi connectivity index (χ4n) is 2.97. The van der Waals surface area contributed by atoms with E-state index in [4.69, 9.17) is 0 Å². The van der Waals surface area contributed by atoms with E-state index in [9.17, 15) is 13.0 Å². The molecule has 33 heavy (non-hydrogen) atoms. The Labute approximate surface area is 198 Å². The molecule has 5 nitrogen and oxygen atoms in total. The van der Waals surface area contributed by atoms with Crippen LogP contribution in [0.15, 0.2) is 94.8 Å². The van der Waals surface area contributed by atoms with Gasteiger partial charge in [0, 0.05) is 6.42 Å². The summed E-state index contributed by atoms with van der Waals surface area (Å²) in [7, 11) is 2.35. The van der Waals surface area contributed by atoms with Crippen molar-refractivity contribution in [2.45, 2.75) is 18.2 Å². The van der Waals surface area contributed by atoms with Crippen LogP contribution in [-0.4, -0.2) is 57.6 Å². The number of rotatable bonds is 7. The summed E-state index contributed by atoms with van der Waals surface area (Å²) < 4.78 is 32.1. The van der Waals surface area contributed by atoms with E-state index < -0.39 is 10.1 Å². The zero-order valence-corrected chi connectivity index (χ0v) is 20.5. The molecule has 0 saturated heterocycles. The summed E-state index contributed by atoms with van der Waals surface area (Å²) in [6, 6.07) is 26.5. The fourth-order valence-corrected chi connectivity index (χ4v) is 3.44. The summed E-state index contributed by atoms with van der Waals surface area (Å²) >= 11 is 0. The number of aliphatic imine (C=N–C) groups is 1. The van der Waals surface area contributed by atoms with Crippen LogP contribution in [0.25, 0.3) is 5.57 Å². The lowest BCUT2D eigenvalue weighted by atomic mass is 9.99. The average molecular weight is 465 g/mol. The van der Waals surface area contributed by atoms with Crippen molar-refractivity contribution in [2.24, 2.45) is 4.99 Å². The number of benzene rings is 3. The van der Waals surface area contributed by atoms with Gasteiger partial charge in [-0.25, -0.2) is 13.4 Å². The lowest BCUT2D eigenvalue weighted by molar-refractivity contribution is -0.870. The molecule has 3 rings (SSSR count). The SMILES string of the molecule is C[N+](C)(C)CCCN=C=C(c1ccccc1)c1ccccc1.Cc1ccc(S(=O)(=O)[O-])cc1. The Morgan fingerprint density at radius 2 is 1.33 bits per heavy atom. The number of hydrogen-bond donors (Lipinski definition) is 0. The Bertz CT molecular complexity index is 1120. The zero-order chi connectivity index (χ0) is 24.3. The molecule has 0 saturated carbocycles. The highest BCUT2D eigenvalue weighted by Crippen LogP contribution is 2.20. The maximum atomic E-state index is 10.4. The van der Waals surface area contributed by atoms with Crippen LogP contribution in [0.1, 0.15) is 23.1 Å². The van der Waals surface area contributed by atoms with Gasteiger partial charge >= 0.3 is 0 Å². The van der Waals surface area contributed by atoms with Crippen molar-refractivity contribution < 1.29 is 17.5 Å². The highest BCUT2D eigenvalue weighted by molar-refractivity contribution is 7.85. The largest absolute Gasteiger partial charge is 0.744 e. The van der Waals surface area contributed by atoms with Crippen molar-refractivity contribution in [3.8, 4) is 0 Å². The first-order valence-electron chi connectivity index (χ1n) is 10.8. The van der Waals surface area contributed by atoms with E-state index in [1.807, 2.05) is 19.1 Å². The van der Waals surface area contributed by atoms with Gasteiger partial charge < -0.3 is 9.04 Å². The van der Waals surface area contributed by atoms with Crippen molar-refractivity contribution >= 4 is 21.6 Å². The lowest BCUT2D eigenvalue weighted by Gasteiger charge is -2.23. The predicted octanol–water partition coefficient (Wildman–Crippen LogP) is 4.78. The minimum atomic E-state index is -4.27. The molecule has 0 heterocycles. The van der Waals surface area contributed by atoms with Crippen molar-refractivity contribution in [3.05, 3.63) is 102 Å². The summed E-state index contributed by atoms with van der Waals surface area (Å²) in [5.41, 5.74) is 4.30. The van der Waals surface area contributed by atoms with Crippen LogP contribution in [-0.2, 0) is 10.1 Å². The number of nitrogens with zero attached hydrogens (tertiary/aromatic N) is 2. The third kappa shape index (κ3) is 9.98. The number of hydrogen-bond acceptors (Lipinski definition) is 4. The molecule has 0 bridgehead atoms. The normalized spacial score (nSPS) is 11.1. The van der Waals surface area contributed by atoms with Crippen LogP contribution in [0.4, 0.5) is 0 Å². The fraction of sp³-hybridized carbons (Fsp3) is 0.259. The molecule has 0 aliphatic carbocycles. The predicted molar refractivity (Wildman–Crippen MR) is 134 cm³/mol. The highest BCUT2D eigenvalue weighted by Gasteiger charge is 2.05. The molecule has 6 heteroatoms. The standard InChI is InChI=1S/C20H25N2.C7H8O3S/c1-22(2,3)16-10-15-21-17-20(18-11-6-4-7-12-18)19-13-8-5-9-14-19;1-6-2-4-7(5-3-6)11(8,9)10/h4-9,11-14H,10,15-16H2,1-3H3;2-5H,1H3,(H,8,9,10)/q+1;/p-1. The van der Waals surface area contributed by atoms with Crippen molar-refractivity contribution in [3.63, 3.8) is 0 Å². The van der Waals surface area contributed by atoms with Crippen molar-refractivity contribution in [1.82, 2.24) is 0 Å². The van der Waals surface area contributed by atoms with E-state index in [0.29, 0.717) is 0 Å². The Balaban J connectivity index is 0.000000294. The first kappa shape index (κ1) is 26.2. The monoisotopic (exact) mass is 464 g/mol. The second kappa shape index (κ2) is 12.3. The Morgan fingerprint density at radius 3 is 1.76 bits per heavy atom. The van der Waals surface area contributed by atoms with Gasteiger partial charge in [-0.05, 0) is 36.1 Å². The molecule has 174 valence electrons. The van der Waals surface area contributed by atoms with Gasteiger partial charge in [-0.3, -0.25) is 0 Å². The third-order valence-electron chi connectivity index (χ3n) is 4.72. The van der Waals surface area contributed by atoms with Gasteiger partial charge in [0.25, 0.3) is 0 Å². The highest BCUT2D eigenvalue weighted by atomic mass is 32.2. The Kier molecular flexibility index (Phi) is 9.76. The summed E-state index contributed by atoms with van der Waals surface area (Å²) in [5.74, 6) is 3.27. The number of quaternary nitrogens is 1. The van der Waals surface area contributed by atoms with Gasteiger partial charge in [-0.15, -0.1) is 0 Å². The van der Waals surface area contributed by atoms with E-state index in [1.165, 1.54) is 12.1 Å². The van der Waals surface area contributed by atoms with E-state index in [0.717, 1.165) is 46.3 Å². The molecule has 0 N–H and O–H groups in total. The minimum Gasteiger partial charge on any atom is -0.744 e. The average Bonchev–Trinajstić information content (AvgIpc) is 2.77. The maximum absolute atomic E-state index is 10.4. The smallest absolute Gasteiger partial charge is 0.124 e. The molecule has 0 fully saturated rings. The van der Waals surface area contributed by atoms with Crippen LogP contribution >= 0.6 is 0 Å². The first-order valence-corrected chi connectivity index (χ1v) is 12.2. The van der Waals surface area contributed by atoms with Crippen molar-refractivity contribution in [2.75, 3.05) is 34.2 Å². The van der Waals surface area contributed by atoms with Crippen molar-refractivity contribution in [1.29, 1.82) is 0 Å². The second-order valence-corrected chi connectivity index (χ2v) is 10.1. The molecule has 0 aliphatic rings. The molecule has 0 spiro atoms. The molecular weight excluding hydrogens is 432 g/mol. The van der Waals surface area contributed by atoms with E-state index in [2.05, 4.69) is 80.5 Å². The Hall–Kier alpha value is -3.02. The summed E-state index contributed by atoms with van der Waals surface area (Å²) in [6.45, 7) is 3.76. The van der Waals surface area contributed by atoms with Crippen LogP contribution < -0.4 is 0 Å². The molecule has 0 unspecified atom stereocenters. The van der Waals surface area contributed by atoms with Gasteiger partial charge in [0.2, 0.25) is 0 Å². The molecule has 0 atom stereocenters. The molecule has 0 amide bonds. The first-order chi connectivity index (χ1) is 15.6.